The second kappa shape index (κ2) is 11.1. The highest BCUT2D eigenvalue weighted by Crippen LogP contribution is 2.56. The van der Waals surface area contributed by atoms with E-state index in [0.717, 1.165) is 26.9 Å². The lowest BCUT2D eigenvalue weighted by atomic mass is 9.89. The summed E-state index contributed by atoms with van der Waals surface area (Å²) in [7, 11) is 0. The van der Waals surface area contributed by atoms with E-state index in [9.17, 15) is 14.4 Å². The van der Waals surface area contributed by atoms with Crippen LogP contribution in [0.2, 0.25) is 10.0 Å². The summed E-state index contributed by atoms with van der Waals surface area (Å²) in [5.41, 5.74) is 2.54. The van der Waals surface area contributed by atoms with Crippen molar-refractivity contribution in [3.63, 3.8) is 0 Å². The summed E-state index contributed by atoms with van der Waals surface area (Å²) in [6.07, 6.45) is 1.86. The lowest BCUT2D eigenvalue weighted by molar-refractivity contribution is -0.140. The molecular formula is C31H28Cl2N4O3S. The van der Waals surface area contributed by atoms with Crippen molar-refractivity contribution in [2.75, 3.05) is 19.6 Å². The number of piperazine rings is 1. The van der Waals surface area contributed by atoms with Gasteiger partial charge in [0.25, 0.3) is 0 Å². The van der Waals surface area contributed by atoms with Gasteiger partial charge in [0.1, 0.15) is 4.75 Å². The highest BCUT2D eigenvalue weighted by atomic mass is 35.5. The Bertz CT molecular complexity index is 1630. The molecule has 2 aliphatic rings. The average Bonchev–Trinajstić information content (AvgIpc) is 3.50. The fourth-order valence-electron chi connectivity index (χ4n) is 5.98. The smallest absolute Gasteiger partial charge is 0.242 e. The van der Waals surface area contributed by atoms with Crippen LogP contribution in [0, 0.1) is 0 Å². The minimum absolute atomic E-state index is 0.0215. The molecule has 1 unspecified atom stereocenters. The van der Waals surface area contributed by atoms with Crippen molar-refractivity contribution in [3.8, 4) is 0 Å². The number of fused-ring (bicyclic) bond motifs is 1. The minimum atomic E-state index is -1.24. The van der Waals surface area contributed by atoms with Gasteiger partial charge in [-0.1, -0.05) is 59.6 Å². The molecule has 0 saturated carbocycles. The summed E-state index contributed by atoms with van der Waals surface area (Å²) in [6, 6.07) is 21.6. The van der Waals surface area contributed by atoms with Gasteiger partial charge < -0.3 is 20.1 Å². The van der Waals surface area contributed by atoms with E-state index in [1.165, 1.54) is 11.8 Å². The number of likely N-dealkylation sites (tertiary alicyclic amines) is 1. The Labute approximate surface area is 252 Å². The molecule has 2 fully saturated rings. The summed E-state index contributed by atoms with van der Waals surface area (Å²) >= 11 is 13.9. The third-order valence-electron chi connectivity index (χ3n) is 7.89. The number of thioether (sulfide) groups is 1. The Kier molecular flexibility index (Phi) is 7.49. The Morgan fingerprint density at radius 3 is 2.49 bits per heavy atom. The van der Waals surface area contributed by atoms with Crippen LogP contribution < -0.4 is 5.32 Å². The number of H-pyrrole nitrogens is 1. The van der Waals surface area contributed by atoms with Crippen molar-refractivity contribution in [2.24, 2.45) is 0 Å². The van der Waals surface area contributed by atoms with E-state index >= 15 is 0 Å². The number of aromatic amines is 1. The summed E-state index contributed by atoms with van der Waals surface area (Å²) in [6.45, 7) is 2.67. The second-order valence-electron chi connectivity index (χ2n) is 10.4. The van der Waals surface area contributed by atoms with Gasteiger partial charge in [0.05, 0.1) is 25.0 Å². The average molecular weight is 608 g/mol. The predicted molar refractivity (Wildman–Crippen MR) is 162 cm³/mol. The number of halogens is 2. The molecule has 6 rings (SSSR count). The molecule has 3 amide bonds. The van der Waals surface area contributed by atoms with Gasteiger partial charge in [0.15, 0.2) is 0 Å². The number of aromatic nitrogens is 1. The highest BCUT2D eigenvalue weighted by molar-refractivity contribution is 8.01. The normalized spacial score (nSPS) is 21.8. The largest absolute Gasteiger partial charge is 0.361 e. The third-order valence-corrected chi connectivity index (χ3v) is 9.79. The number of nitrogens with zero attached hydrogens (tertiary/aromatic N) is 2. The Hall–Kier alpha value is -3.46. The Morgan fingerprint density at radius 2 is 1.76 bits per heavy atom. The molecule has 2 aliphatic heterocycles. The first-order chi connectivity index (χ1) is 19.8. The topological polar surface area (TPSA) is 85.5 Å². The second-order valence-corrected chi connectivity index (χ2v) is 12.7. The molecule has 0 bridgehead atoms. The first-order valence-corrected chi connectivity index (χ1v) is 15.0. The first kappa shape index (κ1) is 27.7. The Balaban J connectivity index is 1.56. The van der Waals surface area contributed by atoms with Crippen molar-refractivity contribution in [1.82, 2.24) is 20.1 Å². The van der Waals surface area contributed by atoms with E-state index in [-0.39, 0.29) is 36.7 Å². The number of carbonyl (C=O) groups excluding carboxylic acids is 3. The number of hydrogen-bond donors (Lipinski definition) is 2. The fourth-order valence-corrected chi connectivity index (χ4v) is 7.75. The molecule has 0 spiro atoms. The Morgan fingerprint density at radius 1 is 1.02 bits per heavy atom. The zero-order chi connectivity index (χ0) is 28.7. The molecule has 2 saturated heterocycles. The van der Waals surface area contributed by atoms with E-state index in [1.807, 2.05) is 78.7 Å². The van der Waals surface area contributed by atoms with Gasteiger partial charge in [0.2, 0.25) is 17.7 Å². The monoisotopic (exact) mass is 606 g/mol. The zero-order valence-electron chi connectivity index (χ0n) is 22.3. The van der Waals surface area contributed by atoms with Crippen LogP contribution in [0.3, 0.4) is 0 Å². The lowest BCUT2D eigenvalue weighted by Crippen LogP contribution is -2.57. The summed E-state index contributed by atoms with van der Waals surface area (Å²) in [4.78, 5) is 49.0. The number of hydrogen-bond acceptors (Lipinski definition) is 4. The SMILES string of the molecule is C[C@H](c1ccc(Cl)cc1)N1C(=O)CC(Sc2ccccc2)(C(=O)N2CCNC(=O)C2)[C@@H]1c1c[nH]c2cc(Cl)ccc12. The van der Waals surface area contributed by atoms with Gasteiger partial charge in [-0.15, -0.1) is 11.8 Å². The van der Waals surface area contributed by atoms with Crippen LogP contribution in [0.15, 0.2) is 83.9 Å². The quantitative estimate of drug-likeness (QED) is 0.282. The van der Waals surface area contributed by atoms with Crippen LogP contribution in [-0.4, -0.2) is 56.9 Å². The maximum Gasteiger partial charge on any atom is 0.242 e. The maximum atomic E-state index is 14.8. The van der Waals surface area contributed by atoms with E-state index in [2.05, 4.69) is 10.3 Å². The van der Waals surface area contributed by atoms with Crippen molar-refractivity contribution >= 4 is 63.6 Å². The standard InChI is InChI=1S/C31H28Cl2N4O3S/c1-19(20-7-9-21(32)10-8-20)37-28(39)16-31(41-23-5-3-2-4-6-23,30(40)36-14-13-34-27(38)18-36)29(37)25-17-35-26-15-22(33)11-12-24(25)26/h2-12,15,17,19,29,35H,13-14,16,18H2,1H3,(H,34,38)/t19-,29+,31?/m1/s1. The fraction of sp³-hybridized carbons (Fsp3) is 0.258. The lowest BCUT2D eigenvalue weighted by Gasteiger charge is -2.41. The van der Waals surface area contributed by atoms with Crippen molar-refractivity contribution < 1.29 is 14.4 Å². The summed E-state index contributed by atoms with van der Waals surface area (Å²) in [5.74, 6) is -0.578. The minimum Gasteiger partial charge on any atom is -0.361 e. The zero-order valence-corrected chi connectivity index (χ0v) is 24.6. The van der Waals surface area contributed by atoms with Crippen molar-refractivity contribution in [3.05, 3.63) is 100 Å². The van der Waals surface area contributed by atoms with Crippen LogP contribution in [0.25, 0.3) is 10.9 Å². The van der Waals surface area contributed by atoms with E-state index in [1.54, 1.807) is 17.0 Å². The van der Waals surface area contributed by atoms with Gasteiger partial charge >= 0.3 is 0 Å². The number of rotatable bonds is 6. The molecule has 2 N–H and O–H groups in total. The maximum absolute atomic E-state index is 14.8. The van der Waals surface area contributed by atoms with Crippen LogP contribution in [-0.2, 0) is 14.4 Å². The van der Waals surface area contributed by atoms with Gasteiger partial charge in [-0.3, -0.25) is 14.4 Å². The molecule has 10 heteroatoms. The summed E-state index contributed by atoms with van der Waals surface area (Å²) < 4.78 is -1.24. The molecule has 1 aromatic heterocycles. The van der Waals surface area contributed by atoms with E-state index in [4.69, 9.17) is 23.2 Å². The number of amides is 3. The van der Waals surface area contributed by atoms with Crippen LogP contribution in [0.1, 0.15) is 36.6 Å². The molecular weight excluding hydrogens is 579 g/mol. The van der Waals surface area contributed by atoms with Crippen molar-refractivity contribution in [1.29, 1.82) is 0 Å². The van der Waals surface area contributed by atoms with Gasteiger partial charge in [-0.2, -0.15) is 0 Å². The molecule has 3 heterocycles. The highest BCUT2D eigenvalue weighted by Gasteiger charge is 2.61. The molecule has 0 radical (unpaired) electrons. The van der Waals surface area contributed by atoms with E-state index in [0.29, 0.717) is 23.1 Å². The van der Waals surface area contributed by atoms with Crippen LogP contribution in [0.4, 0.5) is 0 Å². The van der Waals surface area contributed by atoms with Gasteiger partial charge in [-0.25, -0.2) is 0 Å². The number of benzene rings is 3. The van der Waals surface area contributed by atoms with E-state index < -0.39 is 10.8 Å². The molecule has 7 nitrogen and oxygen atoms in total. The molecule has 3 atom stereocenters. The van der Waals surface area contributed by atoms with Gasteiger partial charge in [0, 0.05) is 50.7 Å². The molecule has 210 valence electrons. The van der Waals surface area contributed by atoms with Crippen LogP contribution >= 0.6 is 35.0 Å². The first-order valence-electron chi connectivity index (χ1n) is 13.4. The third kappa shape index (κ3) is 5.09. The molecule has 41 heavy (non-hydrogen) atoms. The predicted octanol–water partition coefficient (Wildman–Crippen LogP) is 6.00. The van der Waals surface area contributed by atoms with Crippen molar-refractivity contribution in [2.45, 2.75) is 35.1 Å². The molecule has 0 aliphatic carbocycles. The van der Waals surface area contributed by atoms with Crippen LogP contribution in [0.5, 0.6) is 0 Å². The molecule has 3 aromatic carbocycles. The summed E-state index contributed by atoms with van der Waals surface area (Å²) in [5, 5.41) is 4.87. The molecule has 4 aromatic rings. The van der Waals surface area contributed by atoms with Gasteiger partial charge in [-0.05, 0) is 48.9 Å². The number of nitrogens with one attached hydrogen (secondary N) is 2. The number of carbonyl (C=O) groups is 3.